The van der Waals surface area contributed by atoms with Gasteiger partial charge in [-0.05, 0) is 24.1 Å². The van der Waals surface area contributed by atoms with Gasteiger partial charge < -0.3 is 5.11 Å². The average molecular weight is 288 g/mol. The van der Waals surface area contributed by atoms with Gasteiger partial charge in [-0.1, -0.05) is 51.9 Å². The average Bonchev–Trinajstić information content (AvgIpc) is 2.43. The molecule has 0 aliphatic rings. The van der Waals surface area contributed by atoms with Crippen molar-refractivity contribution >= 4 is 0 Å². The third kappa shape index (κ3) is 5.53. The molecule has 1 unspecified atom stereocenters. The first kappa shape index (κ1) is 17.0. The highest BCUT2D eigenvalue weighted by atomic mass is 19.2. The van der Waals surface area contributed by atoms with Crippen LogP contribution in [0, 0.1) is 17.5 Å². The normalized spacial score (nSPS) is 12.7. The van der Waals surface area contributed by atoms with Crippen molar-refractivity contribution in [1.29, 1.82) is 0 Å². The Kier molecular flexibility index (Phi) is 7.67. The number of aliphatic hydroxyl groups excluding tert-OH is 1. The zero-order valence-corrected chi connectivity index (χ0v) is 12.0. The third-order valence-electron chi connectivity index (χ3n) is 3.47. The molecule has 0 saturated carbocycles. The summed E-state index contributed by atoms with van der Waals surface area (Å²) >= 11 is 0. The first-order valence-corrected chi connectivity index (χ1v) is 7.38. The minimum atomic E-state index is -1.49. The summed E-state index contributed by atoms with van der Waals surface area (Å²) < 4.78 is 38.9. The first-order valence-electron chi connectivity index (χ1n) is 7.38. The van der Waals surface area contributed by atoms with E-state index in [-0.39, 0.29) is 5.56 Å². The second-order valence-corrected chi connectivity index (χ2v) is 5.22. The molecule has 1 aromatic rings. The molecule has 0 heterocycles. The number of aliphatic hydroxyl groups is 1. The zero-order valence-electron chi connectivity index (χ0n) is 12.0. The van der Waals surface area contributed by atoms with Crippen molar-refractivity contribution in [3.63, 3.8) is 0 Å². The Morgan fingerprint density at radius 2 is 1.40 bits per heavy atom. The van der Waals surface area contributed by atoms with E-state index in [1.165, 1.54) is 25.7 Å². The maximum absolute atomic E-state index is 13.0. The van der Waals surface area contributed by atoms with Crippen LogP contribution in [0.5, 0.6) is 0 Å². The highest BCUT2D eigenvalue weighted by Crippen LogP contribution is 2.23. The second-order valence-electron chi connectivity index (χ2n) is 5.22. The largest absolute Gasteiger partial charge is 0.388 e. The van der Waals surface area contributed by atoms with E-state index in [9.17, 15) is 18.3 Å². The maximum atomic E-state index is 13.0. The molecular weight excluding hydrogens is 265 g/mol. The molecule has 20 heavy (non-hydrogen) atoms. The topological polar surface area (TPSA) is 20.2 Å². The SMILES string of the molecule is CCCCCCCCCC(O)c1cc(F)c(F)c(F)c1. The van der Waals surface area contributed by atoms with Gasteiger partial charge in [-0.15, -0.1) is 0 Å². The summed E-state index contributed by atoms with van der Waals surface area (Å²) in [6.07, 6.45) is 7.28. The molecule has 0 amide bonds. The van der Waals surface area contributed by atoms with Gasteiger partial charge in [0.05, 0.1) is 6.10 Å². The van der Waals surface area contributed by atoms with Crippen LogP contribution in [0.25, 0.3) is 0 Å². The van der Waals surface area contributed by atoms with Crippen molar-refractivity contribution in [3.8, 4) is 0 Å². The summed E-state index contributed by atoms with van der Waals surface area (Å²) in [5.41, 5.74) is 0.104. The minimum Gasteiger partial charge on any atom is -0.388 e. The molecule has 0 aliphatic heterocycles. The highest BCUT2D eigenvalue weighted by molar-refractivity contribution is 5.21. The lowest BCUT2D eigenvalue weighted by atomic mass is 10.0. The highest BCUT2D eigenvalue weighted by Gasteiger charge is 2.15. The Balaban J connectivity index is 2.31. The smallest absolute Gasteiger partial charge is 0.194 e. The molecule has 1 rings (SSSR count). The Morgan fingerprint density at radius 1 is 0.900 bits per heavy atom. The van der Waals surface area contributed by atoms with Crippen molar-refractivity contribution in [2.75, 3.05) is 0 Å². The summed E-state index contributed by atoms with van der Waals surface area (Å²) in [6.45, 7) is 2.16. The van der Waals surface area contributed by atoms with Gasteiger partial charge in [-0.25, -0.2) is 13.2 Å². The summed E-state index contributed by atoms with van der Waals surface area (Å²) in [5, 5.41) is 9.85. The quantitative estimate of drug-likeness (QED) is 0.484. The van der Waals surface area contributed by atoms with Crippen LogP contribution in [0.1, 0.15) is 70.0 Å². The Labute approximate surface area is 118 Å². The lowest BCUT2D eigenvalue weighted by Gasteiger charge is -2.11. The molecule has 0 aromatic heterocycles. The number of hydrogen-bond donors (Lipinski definition) is 1. The van der Waals surface area contributed by atoms with Crippen LogP contribution in [0.15, 0.2) is 12.1 Å². The van der Waals surface area contributed by atoms with Gasteiger partial charge in [-0.2, -0.15) is 0 Å². The fourth-order valence-electron chi connectivity index (χ4n) is 2.23. The van der Waals surface area contributed by atoms with Crippen molar-refractivity contribution in [2.45, 2.75) is 64.4 Å². The monoisotopic (exact) mass is 288 g/mol. The van der Waals surface area contributed by atoms with Crippen molar-refractivity contribution < 1.29 is 18.3 Å². The fourth-order valence-corrected chi connectivity index (χ4v) is 2.23. The number of halogens is 3. The molecule has 0 aliphatic carbocycles. The summed E-state index contributed by atoms with van der Waals surface area (Å²) in [5.74, 6) is -3.99. The van der Waals surface area contributed by atoms with Crippen molar-refractivity contribution in [1.82, 2.24) is 0 Å². The maximum Gasteiger partial charge on any atom is 0.194 e. The minimum absolute atomic E-state index is 0.104. The van der Waals surface area contributed by atoms with Gasteiger partial charge in [0.2, 0.25) is 0 Å². The van der Waals surface area contributed by atoms with Crippen LogP contribution in [-0.2, 0) is 0 Å². The summed E-state index contributed by atoms with van der Waals surface area (Å²) in [6, 6.07) is 1.73. The zero-order chi connectivity index (χ0) is 15.0. The summed E-state index contributed by atoms with van der Waals surface area (Å²) in [7, 11) is 0. The molecular formula is C16H23F3O. The third-order valence-corrected chi connectivity index (χ3v) is 3.47. The molecule has 1 aromatic carbocycles. The predicted molar refractivity (Wildman–Crippen MR) is 73.9 cm³/mol. The molecule has 0 fully saturated rings. The Bertz CT molecular complexity index is 384. The van der Waals surface area contributed by atoms with Gasteiger partial charge >= 0.3 is 0 Å². The second kappa shape index (κ2) is 9.01. The number of benzene rings is 1. The molecule has 114 valence electrons. The molecule has 0 saturated heterocycles. The van der Waals surface area contributed by atoms with E-state index in [2.05, 4.69) is 6.92 Å². The van der Waals surface area contributed by atoms with Gasteiger partial charge in [0.25, 0.3) is 0 Å². The Hall–Kier alpha value is -1.03. The van der Waals surface area contributed by atoms with Gasteiger partial charge in [0.15, 0.2) is 17.5 Å². The van der Waals surface area contributed by atoms with Gasteiger partial charge in [-0.3, -0.25) is 0 Å². The molecule has 0 bridgehead atoms. The van der Waals surface area contributed by atoms with Crippen molar-refractivity contribution in [2.24, 2.45) is 0 Å². The van der Waals surface area contributed by atoms with E-state index in [4.69, 9.17) is 0 Å². The summed E-state index contributed by atoms with van der Waals surface area (Å²) in [4.78, 5) is 0. The van der Waals surface area contributed by atoms with Crippen molar-refractivity contribution in [3.05, 3.63) is 35.1 Å². The molecule has 0 radical (unpaired) electrons. The molecule has 1 atom stereocenters. The van der Waals surface area contributed by atoms with Crippen LogP contribution in [0.2, 0.25) is 0 Å². The van der Waals surface area contributed by atoms with Crippen LogP contribution in [0.3, 0.4) is 0 Å². The predicted octanol–water partition coefficient (Wildman–Crippen LogP) is 5.28. The molecule has 1 N–H and O–H groups in total. The van der Waals surface area contributed by atoms with Crippen LogP contribution in [-0.4, -0.2) is 5.11 Å². The Morgan fingerprint density at radius 3 is 1.95 bits per heavy atom. The van der Waals surface area contributed by atoms with E-state index in [1.54, 1.807) is 0 Å². The molecule has 1 nitrogen and oxygen atoms in total. The molecule has 0 spiro atoms. The van der Waals surface area contributed by atoms with E-state index in [1.807, 2.05) is 0 Å². The lowest BCUT2D eigenvalue weighted by Crippen LogP contribution is -2.01. The van der Waals surface area contributed by atoms with E-state index in [0.29, 0.717) is 6.42 Å². The van der Waals surface area contributed by atoms with Crippen LogP contribution < -0.4 is 0 Å². The van der Waals surface area contributed by atoms with E-state index >= 15 is 0 Å². The fraction of sp³-hybridized carbons (Fsp3) is 0.625. The molecule has 4 heteroatoms. The van der Waals surface area contributed by atoms with E-state index in [0.717, 1.165) is 31.4 Å². The van der Waals surface area contributed by atoms with Crippen LogP contribution >= 0.6 is 0 Å². The standard InChI is InChI=1S/C16H23F3O/c1-2-3-4-5-6-7-8-9-15(20)12-10-13(17)16(19)14(18)11-12/h10-11,15,20H,2-9H2,1H3. The van der Waals surface area contributed by atoms with Crippen LogP contribution in [0.4, 0.5) is 13.2 Å². The number of rotatable bonds is 9. The number of hydrogen-bond acceptors (Lipinski definition) is 1. The number of unbranched alkanes of at least 4 members (excludes halogenated alkanes) is 6. The lowest BCUT2D eigenvalue weighted by molar-refractivity contribution is 0.162. The first-order chi connectivity index (χ1) is 9.56. The van der Waals surface area contributed by atoms with E-state index < -0.39 is 23.6 Å². The van der Waals surface area contributed by atoms with Gasteiger partial charge in [0.1, 0.15) is 0 Å². The van der Waals surface area contributed by atoms with Gasteiger partial charge in [0, 0.05) is 0 Å².